The zero-order valence-corrected chi connectivity index (χ0v) is 11.0. The van der Waals surface area contributed by atoms with Crippen molar-refractivity contribution in [2.75, 3.05) is 6.54 Å². The van der Waals surface area contributed by atoms with Crippen LogP contribution in [-0.2, 0) is 4.79 Å². The van der Waals surface area contributed by atoms with Crippen LogP contribution in [0.1, 0.15) is 30.7 Å². The molecule has 0 aliphatic carbocycles. The summed E-state index contributed by atoms with van der Waals surface area (Å²) < 4.78 is 1.14. The number of carbonyl (C=O) groups excluding carboxylic acids is 1. The lowest BCUT2D eigenvalue weighted by Crippen LogP contribution is -2.21. The molecule has 1 amide bonds. The lowest BCUT2D eigenvalue weighted by Gasteiger charge is -2.11. The number of carbonyl (C=O) groups is 1. The number of amides is 1. The minimum absolute atomic E-state index is 0.233. The summed E-state index contributed by atoms with van der Waals surface area (Å²) in [5.41, 5.74) is 5.05. The predicted molar refractivity (Wildman–Crippen MR) is 66.9 cm³/mol. The Morgan fingerprint density at radius 2 is 2.40 bits per heavy atom. The Bertz CT molecular complexity index is 327. The lowest BCUT2D eigenvalue weighted by atomic mass is 10.2. The van der Waals surface area contributed by atoms with E-state index in [2.05, 4.69) is 34.2 Å². The fraction of sp³-hybridized carbons (Fsp3) is 0.500. The van der Waals surface area contributed by atoms with E-state index in [0.717, 1.165) is 16.8 Å². The zero-order chi connectivity index (χ0) is 11.3. The van der Waals surface area contributed by atoms with Crippen molar-refractivity contribution in [3.8, 4) is 0 Å². The van der Waals surface area contributed by atoms with Gasteiger partial charge in [-0.15, -0.1) is 11.3 Å². The molecule has 0 aromatic carbocycles. The molecule has 0 aliphatic rings. The molecule has 1 unspecified atom stereocenters. The SMILES string of the molecule is CC(NCCCC(N)=O)c1ccc(Br)s1. The fourth-order valence-corrected chi connectivity index (χ4v) is 2.69. The highest BCUT2D eigenvalue weighted by Gasteiger charge is 2.06. The van der Waals surface area contributed by atoms with Crippen molar-refractivity contribution in [2.24, 2.45) is 5.73 Å². The second-order valence-corrected chi connectivity index (χ2v) is 5.88. The first-order valence-electron chi connectivity index (χ1n) is 4.86. The Kier molecular flexibility index (Phi) is 5.28. The van der Waals surface area contributed by atoms with Crippen molar-refractivity contribution in [1.82, 2.24) is 5.32 Å². The maximum atomic E-state index is 10.5. The number of hydrogen-bond acceptors (Lipinski definition) is 3. The molecule has 15 heavy (non-hydrogen) atoms. The van der Waals surface area contributed by atoms with Crippen LogP contribution in [0.25, 0.3) is 0 Å². The van der Waals surface area contributed by atoms with Gasteiger partial charge in [-0.2, -0.15) is 0 Å². The third kappa shape index (κ3) is 4.77. The number of hydrogen-bond donors (Lipinski definition) is 2. The third-order valence-electron chi connectivity index (χ3n) is 2.07. The van der Waals surface area contributed by atoms with Crippen LogP contribution in [0.4, 0.5) is 0 Å². The zero-order valence-electron chi connectivity index (χ0n) is 8.63. The van der Waals surface area contributed by atoms with Crippen molar-refractivity contribution in [3.63, 3.8) is 0 Å². The number of rotatable bonds is 6. The monoisotopic (exact) mass is 290 g/mol. The van der Waals surface area contributed by atoms with Gasteiger partial charge in [0, 0.05) is 17.3 Å². The first-order valence-corrected chi connectivity index (χ1v) is 6.47. The molecule has 3 N–H and O–H groups in total. The van der Waals surface area contributed by atoms with E-state index in [4.69, 9.17) is 5.73 Å². The molecule has 84 valence electrons. The van der Waals surface area contributed by atoms with Gasteiger partial charge in [-0.05, 0) is 48.0 Å². The summed E-state index contributed by atoms with van der Waals surface area (Å²) in [6.45, 7) is 2.93. The standard InChI is InChI=1S/C10H15BrN2OS/c1-7(8-4-5-9(11)15-8)13-6-2-3-10(12)14/h4-5,7,13H,2-3,6H2,1H3,(H2,12,14). The van der Waals surface area contributed by atoms with E-state index in [-0.39, 0.29) is 5.91 Å². The van der Waals surface area contributed by atoms with E-state index in [1.807, 2.05) is 6.07 Å². The van der Waals surface area contributed by atoms with Crippen LogP contribution in [-0.4, -0.2) is 12.5 Å². The highest BCUT2D eigenvalue weighted by molar-refractivity contribution is 9.11. The molecule has 0 fully saturated rings. The van der Waals surface area contributed by atoms with Crippen LogP contribution >= 0.6 is 27.3 Å². The molecule has 1 aromatic heterocycles. The molecule has 5 heteroatoms. The Labute approximate surface area is 102 Å². The van der Waals surface area contributed by atoms with Crippen molar-refractivity contribution in [2.45, 2.75) is 25.8 Å². The van der Waals surface area contributed by atoms with Crippen LogP contribution in [0.2, 0.25) is 0 Å². The van der Waals surface area contributed by atoms with Crippen LogP contribution in [0.3, 0.4) is 0 Å². The molecular weight excluding hydrogens is 276 g/mol. The van der Waals surface area contributed by atoms with Gasteiger partial charge >= 0.3 is 0 Å². The second-order valence-electron chi connectivity index (χ2n) is 3.39. The van der Waals surface area contributed by atoms with Crippen molar-refractivity contribution in [1.29, 1.82) is 0 Å². The third-order valence-corrected chi connectivity index (χ3v) is 3.88. The molecule has 0 bridgehead atoms. The van der Waals surface area contributed by atoms with E-state index >= 15 is 0 Å². The maximum absolute atomic E-state index is 10.5. The van der Waals surface area contributed by atoms with Crippen molar-refractivity contribution >= 4 is 33.2 Å². The minimum atomic E-state index is -0.233. The van der Waals surface area contributed by atoms with Gasteiger partial charge in [-0.25, -0.2) is 0 Å². The molecule has 0 saturated carbocycles. The summed E-state index contributed by atoms with van der Waals surface area (Å²) in [4.78, 5) is 11.8. The molecule has 0 aliphatic heterocycles. The molecule has 1 heterocycles. The molecule has 3 nitrogen and oxygen atoms in total. The molecular formula is C10H15BrN2OS. The summed E-state index contributed by atoms with van der Waals surface area (Å²) in [6.07, 6.45) is 1.25. The van der Waals surface area contributed by atoms with Crippen LogP contribution < -0.4 is 11.1 Å². The molecule has 0 radical (unpaired) electrons. The highest BCUT2D eigenvalue weighted by Crippen LogP contribution is 2.26. The van der Waals surface area contributed by atoms with Gasteiger partial charge in [0.05, 0.1) is 3.79 Å². The van der Waals surface area contributed by atoms with E-state index in [1.54, 1.807) is 11.3 Å². The van der Waals surface area contributed by atoms with Gasteiger partial charge in [0.15, 0.2) is 0 Å². The van der Waals surface area contributed by atoms with Crippen molar-refractivity contribution in [3.05, 3.63) is 20.8 Å². The second kappa shape index (κ2) is 6.25. The first kappa shape index (κ1) is 12.7. The van der Waals surface area contributed by atoms with E-state index < -0.39 is 0 Å². The average Bonchev–Trinajstić information content (AvgIpc) is 2.59. The van der Waals surface area contributed by atoms with E-state index in [9.17, 15) is 4.79 Å². The molecule has 1 rings (SSSR count). The quantitative estimate of drug-likeness (QED) is 0.791. The van der Waals surface area contributed by atoms with Gasteiger partial charge < -0.3 is 11.1 Å². The normalized spacial score (nSPS) is 12.7. The number of halogens is 1. The lowest BCUT2D eigenvalue weighted by molar-refractivity contribution is -0.118. The van der Waals surface area contributed by atoms with Gasteiger partial charge in [-0.3, -0.25) is 4.79 Å². The summed E-state index contributed by atoms with van der Waals surface area (Å²) in [6, 6.07) is 4.47. The minimum Gasteiger partial charge on any atom is -0.370 e. The van der Waals surface area contributed by atoms with Crippen LogP contribution in [0.5, 0.6) is 0 Å². The molecule has 0 saturated heterocycles. The molecule has 0 spiro atoms. The van der Waals surface area contributed by atoms with Crippen molar-refractivity contribution < 1.29 is 4.79 Å². The van der Waals surface area contributed by atoms with E-state index in [0.29, 0.717) is 12.5 Å². The smallest absolute Gasteiger partial charge is 0.217 e. The number of thiophene rings is 1. The Morgan fingerprint density at radius 1 is 1.67 bits per heavy atom. The number of nitrogens with two attached hydrogens (primary N) is 1. The maximum Gasteiger partial charge on any atom is 0.217 e. The predicted octanol–water partition coefficient (Wildman–Crippen LogP) is 2.43. The van der Waals surface area contributed by atoms with Gasteiger partial charge in [-0.1, -0.05) is 0 Å². The van der Waals surface area contributed by atoms with Gasteiger partial charge in [0.2, 0.25) is 5.91 Å². The first-order chi connectivity index (χ1) is 7.09. The van der Waals surface area contributed by atoms with Crippen LogP contribution in [0, 0.1) is 0 Å². The number of nitrogens with one attached hydrogen (secondary N) is 1. The summed E-state index contributed by atoms with van der Waals surface area (Å²) in [5.74, 6) is -0.233. The molecule has 1 atom stereocenters. The summed E-state index contributed by atoms with van der Waals surface area (Å²) >= 11 is 5.15. The summed E-state index contributed by atoms with van der Waals surface area (Å²) in [7, 11) is 0. The average molecular weight is 291 g/mol. The Hall–Kier alpha value is -0.390. The fourth-order valence-electron chi connectivity index (χ4n) is 1.24. The Balaban J connectivity index is 2.24. The Morgan fingerprint density at radius 3 is 2.93 bits per heavy atom. The van der Waals surface area contributed by atoms with Crippen LogP contribution in [0.15, 0.2) is 15.9 Å². The topological polar surface area (TPSA) is 55.1 Å². The highest BCUT2D eigenvalue weighted by atomic mass is 79.9. The molecule has 1 aromatic rings. The summed E-state index contributed by atoms with van der Waals surface area (Å²) in [5, 5.41) is 3.35. The van der Waals surface area contributed by atoms with Gasteiger partial charge in [0.1, 0.15) is 0 Å². The van der Waals surface area contributed by atoms with Gasteiger partial charge in [0.25, 0.3) is 0 Å². The number of primary amides is 1. The van der Waals surface area contributed by atoms with E-state index in [1.165, 1.54) is 4.88 Å². The largest absolute Gasteiger partial charge is 0.370 e.